The van der Waals surface area contributed by atoms with Crippen molar-refractivity contribution in [3.05, 3.63) is 42.2 Å². The summed E-state index contributed by atoms with van der Waals surface area (Å²) < 4.78 is 12.8. The number of nitrogens with zero attached hydrogens (tertiary/aromatic N) is 1. The first kappa shape index (κ1) is 12.9. The van der Waals surface area contributed by atoms with Crippen LogP contribution in [-0.2, 0) is 4.79 Å². The second-order valence-electron chi connectivity index (χ2n) is 3.27. The molecule has 0 aromatic heterocycles. The molecular formula is C12H12FN3O. The molecule has 5 heteroatoms. The number of nitrogens with one attached hydrogen (secondary N) is 2. The average Bonchev–Trinajstić information content (AvgIpc) is 2.32. The number of halogens is 1. The maximum Gasteiger partial charge on any atom is 0.238 e. The number of carbonyl (C=O) groups is 1. The highest BCUT2D eigenvalue weighted by Gasteiger charge is 2.07. The zero-order chi connectivity index (χ0) is 12.7. The monoisotopic (exact) mass is 233 g/mol. The topological polar surface area (TPSA) is 64.9 Å². The summed E-state index contributed by atoms with van der Waals surface area (Å²) in [6.45, 7) is 4.12. The molecule has 0 bridgehead atoms. The van der Waals surface area contributed by atoms with E-state index in [9.17, 15) is 9.18 Å². The van der Waals surface area contributed by atoms with Gasteiger partial charge in [0.2, 0.25) is 5.91 Å². The fourth-order valence-corrected chi connectivity index (χ4v) is 1.20. The van der Waals surface area contributed by atoms with Gasteiger partial charge in [0.15, 0.2) is 0 Å². The van der Waals surface area contributed by atoms with Crippen molar-refractivity contribution < 1.29 is 9.18 Å². The van der Waals surface area contributed by atoms with Crippen molar-refractivity contribution in [3.63, 3.8) is 0 Å². The first-order valence-electron chi connectivity index (χ1n) is 4.98. The number of hydrogen-bond acceptors (Lipinski definition) is 3. The summed E-state index contributed by atoms with van der Waals surface area (Å²) in [5.41, 5.74) is 0.404. The van der Waals surface area contributed by atoms with Crippen LogP contribution in [0.4, 0.5) is 10.1 Å². The van der Waals surface area contributed by atoms with Gasteiger partial charge in [0.25, 0.3) is 0 Å². The number of amides is 1. The molecule has 0 unspecified atom stereocenters. The Morgan fingerprint density at radius 3 is 3.00 bits per heavy atom. The Hall–Kier alpha value is -2.19. The zero-order valence-electron chi connectivity index (χ0n) is 9.16. The van der Waals surface area contributed by atoms with E-state index < -0.39 is 5.82 Å². The Morgan fingerprint density at radius 1 is 1.59 bits per heavy atom. The smallest absolute Gasteiger partial charge is 0.238 e. The van der Waals surface area contributed by atoms with Gasteiger partial charge in [-0.1, -0.05) is 6.08 Å². The lowest BCUT2D eigenvalue weighted by molar-refractivity contribution is -0.115. The molecular weight excluding hydrogens is 221 g/mol. The number of carbonyl (C=O) groups excluding carboxylic acids is 1. The summed E-state index contributed by atoms with van der Waals surface area (Å²) in [6, 6.07) is 5.44. The van der Waals surface area contributed by atoms with Crippen LogP contribution in [0.25, 0.3) is 0 Å². The van der Waals surface area contributed by atoms with Crippen LogP contribution in [0.1, 0.15) is 5.56 Å². The molecule has 0 aliphatic heterocycles. The van der Waals surface area contributed by atoms with E-state index in [2.05, 4.69) is 17.2 Å². The Balaban J connectivity index is 2.65. The molecule has 0 saturated heterocycles. The van der Waals surface area contributed by atoms with Gasteiger partial charge in [-0.2, -0.15) is 5.26 Å². The minimum Gasteiger partial charge on any atom is -0.324 e. The summed E-state index contributed by atoms with van der Waals surface area (Å²) in [5.74, 6) is -0.806. The van der Waals surface area contributed by atoms with Gasteiger partial charge in [-0.25, -0.2) is 4.39 Å². The van der Waals surface area contributed by atoms with E-state index in [4.69, 9.17) is 5.26 Å². The Kier molecular flexibility index (Phi) is 4.85. The van der Waals surface area contributed by atoms with Gasteiger partial charge in [0.05, 0.1) is 17.8 Å². The number of rotatable bonds is 5. The quantitative estimate of drug-likeness (QED) is 0.597. The van der Waals surface area contributed by atoms with Crippen LogP contribution in [-0.4, -0.2) is 19.0 Å². The highest BCUT2D eigenvalue weighted by Crippen LogP contribution is 2.15. The SMILES string of the molecule is C=CCNCC(=O)Nc1ccc(F)cc1C#N. The lowest BCUT2D eigenvalue weighted by Gasteiger charge is -2.07. The molecule has 88 valence electrons. The molecule has 0 saturated carbocycles. The molecule has 4 nitrogen and oxygen atoms in total. The van der Waals surface area contributed by atoms with Crippen LogP contribution >= 0.6 is 0 Å². The minimum atomic E-state index is -0.510. The van der Waals surface area contributed by atoms with Gasteiger partial charge in [-0.05, 0) is 18.2 Å². The summed E-state index contributed by atoms with van der Waals surface area (Å²) >= 11 is 0. The van der Waals surface area contributed by atoms with Crippen LogP contribution in [0, 0.1) is 17.1 Å². The molecule has 1 aromatic carbocycles. The third-order valence-corrected chi connectivity index (χ3v) is 1.95. The van der Waals surface area contributed by atoms with Crippen molar-refractivity contribution in [2.45, 2.75) is 0 Å². The molecule has 0 aliphatic rings. The van der Waals surface area contributed by atoms with E-state index >= 15 is 0 Å². The Bertz CT molecular complexity index is 465. The van der Waals surface area contributed by atoms with Gasteiger partial charge in [0.1, 0.15) is 11.9 Å². The molecule has 0 radical (unpaired) electrons. The molecule has 0 atom stereocenters. The van der Waals surface area contributed by atoms with Gasteiger partial charge >= 0.3 is 0 Å². The van der Waals surface area contributed by atoms with Crippen molar-refractivity contribution in [2.75, 3.05) is 18.4 Å². The van der Waals surface area contributed by atoms with Crippen LogP contribution in [0.3, 0.4) is 0 Å². The number of anilines is 1. The van der Waals surface area contributed by atoms with Crippen LogP contribution < -0.4 is 10.6 Å². The molecule has 0 aliphatic carbocycles. The maximum atomic E-state index is 12.8. The highest BCUT2D eigenvalue weighted by atomic mass is 19.1. The summed E-state index contributed by atoms with van der Waals surface area (Å²) in [6.07, 6.45) is 1.63. The fourth-order valence-electron chi connectivity index (χ4n) is 1.20. The molecule has 0 heterocycles. The maximum absolute atomic E-state index is 12.8. The predicted molar refractivity (Wildman–Crippen MR) is 62.8 cm³/mol. The Morgan fingerprint density at radius 2 is 2.35 bits per heavy atom. The van der Waals surface area contributed by atoms with Crippen LogP contribution in [0.5, 0.6) is 0 Å². The van der Waals surface area contributed by atoms with Crippen molar-refractivity contribution in [2.24, 2.45) is 0 Å². The second kappa shape index (κ2) is 6.40. The Labute approximate surface area is 98.8 Å². The number of benzene rings is 1. The normalized spacial score (nSPS) is 9.41. The lowest BCUT2D eigenvalue weighted by Crippen LogP contribution is -2.28. The van der Waals surface area contributed by atoms with Crippen molar-refractivity contribution >= 4 is 11.6 Å². The molecule has 17 heavy (non-hydrogen) atoms. The molecule has 1 rings (SSSR count). The van der Waals surface area contributed by atoms with E-state index in [0.717, 1.165) is 6.07 Å². The van der Waals surface area contributed by atoms with E-state index in [-0.39, 0.29) is 18.0 Å². The van der Waals surface area contributed by atoms with Crippen molar-refractivity contribution in [1.82, 2.24) is 5.32 Å². The largest absolute Gasteiger partial charge is 0.324 e. The third kappa shape index (κ3) is 4.05. The zero-order valence-corrected chi connectivity index (χ0v) is 9.16. The van der Waals surface area contributed by atoms with E-state index in [1.54, 1.807) is 6.08 Å². The third-order valence-electron chi connectivity index (χ3n) is 1.95. The summed E-state index contributed by atoms with van der Waals surface area (Å²) in [5, 5.41) is 14.1. The second-order valence-corrected chi connectivity index (χ2v) is 3.27. The number of nitriles is 1. The lowest BCUT2D eigenvalue weighted by atomic mass is 10.2. The van der Waals surface area contributed by atoms with Gasteiger partial charge in [-0.15, -0.1) is 6.58 Å². The highest BCUT2D eigenvalue weighted by molar-refractivity contribution is 5.93. The first-order valence-corrected chi connectivity index (χ1v) is 4.98. The van der Waals surface area contributed by atoms with Gasteiger partial charge in [0, 0.05) is 6.54 Å². The standard InChI is InChI=1S/C12H12FN3O/c1-2-5-15-8-12(17)16-11-4-3-10(13)6-9(11)7-14/h2-4,6,15H,1,5,8H2,(H,16,17). The van der Waals surface area contributed by atoms with Gasteiger partial charge < -0.3 is 10.6 Å². The van der Waals surface area contributed by atoms with Crippen molar-refractivity contribution in [3.8, 4) is 6.07 Å². The molecule has 1 aromatic rings. The van der Waals surface area contributed by atoms with E-state index in [1.807, 2.05) is 6.07 Å². The average molecular weight is 233 g/mol. The number of hydrogen-bond donors (Lipinski definition) is 2. The summed E-state index contributed by atoms with van der Waals surface area (Å²) in [4.78, 5) is 11.4. The van der Waals surface area contributed by atoms with E-state index in [1.165, 1.54) is 12.1 Å². The van der Waals surface area contributed by atoms with E-state index in [0.29, 0.717) is 12.2 Å². The molecule has 1 amide bonds. The molecule has 0 fully saturated rings. The van der Waals surface area contributed by atoms with Crippen molar-refractivity contribution in [1.29, 1.82) is 5.26 Å². The van der Waals surface area contributed by atoms with Gasteiger partial charge in [-0.3, -0.25) is 4.79 Å². The minimum absolute atomic E-state index is 0.0991. The van der Waals surface area contributed by atoms with Crippen LogP contribution in [0.2, 0.25) is 0 Å². The molecule has 2 N–H and O–H groups in total. The predicted octanol–water partition coefficient (Wildman–Crippen LogP) is 1.41. The van der Waals surface area contributed by atoms with Crippen LogP contribution in [0.15, 0.2) is 30.9 Å². The fraction of sp³-hybridized carbons (Fsp3) is 0.167. The first-order chi connectivity index (χ1) is 8.17. The molecule has 0 spiro atoms. The summed E-state index contributed by atoms with van der Waals surface area (Å²) in [7, 11) is 0.